The molecule has 1 amide bonds. The molecular weight excluding hydrogens is 254 g/mol. The molecule has 0 atom stereocenters. The highest BCUT2D eigenvalue weighted by Crippen LogP contribution is 2.24. The second-order valence-corrected chi connectivity index (χ2v) is 6.24. The van der Waals surface area contributed by atoms with Crippen molar-refractivity contribution < 1.29 is 4.79 Å². The molecule has 1 saturated carbocycles. The van der Waals surface area contributed by atoms with E-state index in [1.165, 1.54) is 12.8 Å². The van der Waals surface area contributed by atoms with Crippen molar-refractivity contribution in [2.24, 2.45) is 5.92 Å². The van der Waals surface area contributed by atoms with Gasteiger partial charge in [0.05, 0.1) is 0 Å². The molecule has 88 valence electrons. The van der Waals surface area contributed by atoms with Gasteiger partial charge in [0, 0.05) is 17.3 Å². The lowest BCUT2D eigenvalue weighted by atomic mass is 9.95. The fourth-order valence-electron chi connectivity index (χ4n) is 1.92. The normalized spacial score (nSPS) is 26.7. The van der Waals surface area contributed by atoms with Crippen molar-refractivity contribution in [3.63, 3.8) is 0 Å². The van der Waals surface area contributed by atoms with Crippen LogP contribution >= 0.6 is 15.9 Å². The highest BCUT2D eigenvalue weighted by Gasteiger charge is 2.20. The topological polar surface area (TPSA) is 29.1 Å². The number of nitrogens with one attached hydrogen (secondary N) is 1. The summed E-state index contributed by atoms with van der Waals surface area (Å²) in [7, 11) is 0. The van der Waals surface area contributed by atoms with Crippen molar-refractivity contribution >= 4 is 21.8 Å². The Kier molecular flexibility index (Phi) is 5.65. The zero-order valence-corrected chi connectivity index (χ0v) is 11.3. The fraction of sp³-hybridized carbons (Fsp3) is 0.917. The van der Waals surface area contributed by atoms with Crippen LogP contribution in [0, 0.1) is 5.92 Å². The van der Waals surface area contributed by atoms with Crippen molar-refractivity contribution in [3.8, 4) is 0 Å². The van der Waals surface area contributed by atoms with E-state index in [1.807, 2.05) is 0 Å². The Morgan fingerprint density at radius 2 is 1.93 bits per heavy atom. The standard InChI is InChI=1S/C12H22BrNO/c1-9(2)3-8-12(15)14-11-6-4-10(13)5-7-11/h9-11H,3-8H2,1-2H3,(H,14,15). The van der Waals surface area contributed by atoms with Crippen molar-refractivity contribution in [2.75, 3.05) is 0 Å². The summed E-state index contributed by atoms with van der Waals surface area (Å²) in [5.74, 6) is 0.857. The maximum atomic E-state index is 11.6. The third-order valence-corrected chi connectivity index (χ3v) is 3.89. The molecule has 1 aliphatic carbocycles. The largest absolute Gasteiger partial charge is 0.353 e. The van der Waals surface area contributed by atoms with E-state index in [1.54, 1.807) is 0 Å². The molecule has 0 spiro atoms. The molecule has 3 heteroatoms. The first kappa shape index (κ1) is 13.0. The van der Waals surface area contributed by atoms with Gasteiger partial charge < -0.3 is 5.32 Å². The van der Waals surface area contributed by atoms with Gasteiger partial charge >= 0.3 is 0 Å². The Labute approximate surface area is 101 Å². The van der Waals surface area contributed by atoms with E-state index in [4.69, 9.17) is 0 Å². The van der Waals surface area contributed by atoms with Gasteiger partial charge in [-0.2, -0.15) is 0 Å². The Morgan fingerprint density at radius 3 is 2.47 bits per heavy atom. The van der Waals surface area contributed by atoms with E-state index in [2.05, 4.69) is 35.1 Å². The maximum Gasteiger partial charge on any atom is 0.220 e. The summed E-state index contributed by atoms with van der Waals surface area (Å²) in [5, 5.41) is 3.14. The highest BCUT2D eigenvalue weighted by molar-refractivity contribution is 9.09. The lowest BCUT2D eigenvalue weighted by Gasteiger charge is -2.26. The summed E-state index contributed by atoms with van der Waals surface area (Å²) < 4.78 is 0. The molecule has 1 aliphatic rings. The highest BCUT2D eigenvalue weighted by atomic mass is 79.9. The molecule has 0 aliphatic heterocycles. The van der Waals surface area contributed by atoms with E-state index in [0.717, 1.165) is 19.3 Å². The maximum absolute atomic E-state index is 11.6. The zero-order chi connectivity index (χ0) is 11.3. The molecule has 0 radical (unpaired) electrons. The summed E-state index contributed by atoms with van der Waals surface area (Å²) in [6.07, 6.45) is 6.32. The Balaban J connectivity index is 2.15. The molecule has 1 rings (SSSR count). The molecule has 0 saturated heterocycles. The minimum absolute atomic E-state index is 0.238. The van der Waals surface area contributed by atoms with Crippen LogP contribution in [-0.4, -0.2) is 16.8 Å². The van der Waals surface area contributed by atoms with Gasteiger partial charge in [-0.15, -0.1) is 0 Å². The van der Waals surface area contributed by atoms with E-state index < -0.39 is 0 Å². The van der Waals surface area contributed by atoms with Crippen LogP contribution < -0.4 is 5.32 Å². The second-order valence-electron chi connectivity index (χ2n) is 4.95. The summed E-state index contributed by atoms with van der Waals surface area (Å²) in [4.78, 5) is 12.2. The van der Waals surface area contributed by atoms with Crippen LogP contribution in [0.4, 0.5) is 0 Å². The van der Waals surface area contributed by atoms with E-state index >= 15 is 0 Å². The first-order valence-electron chi connectivity index (χ1n) is 6.01. The number of hydrogen-bond acceptors (Lipinski definition) is 1. The minimum atomic E-state index is 0.238. The Morgan fingerprint density at radius 1 is 1.33 bits per heavy atom. The van der Waals surface area contributed by atoms with Gasteiger partial charge in [-0.05, 0) is 38.0 Å². The summed E-state index contributed by atoms with van der Waals surface area (Å²) in [5.41, 5.74) is 0. The van der Waals surface area contributed by atoms with Crippen LogP contribution in [0.25, 0.3) is 0 Å². The molecule has 1 N–H and O–H groups in total. The molecule has 0 aromatic heterocycles. The van der Waals surface area contributed by atoms with Crippen LogP contribution in [-0.2, 0) is 4.79 Å². The SMILES string of the molecule is CC(C)CCC(=O)NC1CCC(Br)CC1. The molecule has 0 bridgehead atoms. The molecular formula is C12H22BrNO. The Hall–Kier alpha value is -0.0500. The Bertz CT molecular complexity index is 198. The lowest BCUT2D eigenvalue weighted by Crippen LogP contribution is -2.37. The number of carbonyl (C=O) groups excluding carboxylic acids is 1. The second kappa shape index (κ2) is 6.51. The molecule has 0 aromatic rings. The van der Waals surface area contributed by atoms with Crippen LogP contribution in [0.3, 0.4) is 0 Å². The van der Waals surface area contributed by atoms with Gasteiger partial charge in [0.15, 0.2) is 0 Å². The lowest BCUT2D eigenvalue weighted by molar-refractivity contribution is -0.122. The monoisotopic (exact) mass is 275 g/mol. The summed E-state index contributed by atoms with van der Waals surface area (Å²) in [6, 6.07) is 0.429. The number of alkyl halides is 1. The zero-order valence-electron chi connectivity index (χ0n) is 9.76. The summed E-state index contributed by atoms with van der Waals surface area (Å²) >= 11 is 3.62. The predicted molar refractivity (Wildman–Crippen MR) is 67.2 cm³/mol. The predicted octanol–water partition coefficient (Wildman–Crippen LogP) is 3.24. The third-order valence-electron chi connectivity index (χ3n) is 2.97. The van der Waals surface area contributed by atoms with E-state index in [9.17, 15) is 4.79 Å². The van der Waals surface area contributed by atoms with Gasteiger partial charge in [-0.25, -0.2) is 0 Å². The van der Waals surface area contributed by atoms with Crippen LogP contribution in [0.15, 0.2) is 0 Å². The van der Waals surface area contributed by atoms with Crippen LogP contribution in [0.1, 0.15) is 52.4 Å². The van der Waals surface area contributed by atoms with Crippen LogP contribution in [0.2, 0.25) is 0 Å². The average Bonchev–Trinajstić information content (AvgIpc) is 2.19. The van der Waals surface area contributed by atoms with Gasteiger partial charge in [-0.1, -0.05) is 29.8 Å². The van der Waals surface area contributed by atoms with Gasteiger partial charge in [0.2, 0.25) is 5.91 Å². The van der Waals surface area contributed by atoms with Crippen molar-refractivity contribution in [3.05, 3.63) is 0 Å². The molecule has 2 nitrogen and oxygen atoms in total. The number of rotatable bonds is 4. The summed E-state index contributed by atoms with van der Waals surface area (Å²) in [6.45, 7) is 4.31. The van der Waals surface area contributed by atoms with Crippen molar-refractivity contribution in [1.82, 2.24) is 5.32 Å². The molecule has 15 heavy (non-hydrogen) atoms. The molecule has 0 heterocycles. The first-order chi connectivity index (χ1) is 7.08. The minimum Gasteiger partial charge on any atom is -0.353 e. The average molecular weight is 276 g/mol. The van der Waals surface area contributed by atoms with Gasteiger partial charge in [0.1, 0.15) is 0 Å². The number of amides is 1. The molecule has 1 fully saturated rings. The van der Waals surface area contributed by atoms with Crippen LogP contribution in [0.5, 0.6) is 0 Å². The molecule has 0 aromatic carbocycles. The third kappa shape index (κ3) is 5.55. The van der Waals surface area contributed by atoms with Gasteiger partial charge in [0.25, 0.3) is 0 Å². The molecule has 0 unspecified atom stereocenters. The van der Waals surface area contributed by atoms with Crippen molar-refractivity contribution in [1.29, 1.82) is 0 Å². The number of hydrogen-bond donors (Lipinski definition) is 1. The smallest absolute Gasteiger partial charge is 0.220 e. The van der Waals surface area contributed by atoms with E-state index in [0.29, 0.717) is 23.2 Å². The quantitative estimate of drug-likeness (QED) is 0.785. The van der Waals surface area contributed by atoms with E-state index in [-0.39, 0.29) is 5.91 Å². The fourth-order valence-corrected chi connectivity index (χ4v) is 2.45. The number of carbonyl (C=O) groups is 1. The first-order valence-corrected chi connectivity index (χ1v) is 6.93. The van der Waals surface area contributed by atoms with Gasteiger partial charge in [-0.3, -0.25) is 4.79 Å². The van der Waals surface area contributed by atoms with Crippen molar-refractivity contribution in [2.45, 2.75) is 63.2 Å². The number of halogens is 1.